The Kier molecular flexibility index (Phi) is 4.92. The monoisotopic (exact) mass is 375 g/mol. The molecule has 1 aliphatic heterocycles. The molecule has 0 unspecified atom stereocenters. The third-order valence-electron chi connectivity index (χ3n) is 4.84. The Bertz CT molecular complexity index is 850. The molecule has 7 heteroatoms. The molecule has 3 aromatic rings. The SMILES string of the molecule is Cn1nccc1CCNC1CCN(c2nc3ccc(Cl)cc3s2)CC1. The molecule has 0 radical (unpaired) electrons. The molecular weight excluding hydrogens is 354 g/mol. The second kappa shape index (κ2) is 7.32. The number of hydrogen-bond acceptors (Lipinski definition) is 5. The molecule has 0 spiro atoms. The van der Waals surface area contributed by atoms with Gasteiger partial charge in [-0.2, -0.15) is 5.10 Å². The molecule has 0 atom stereocenters. The van der Waals surface area contributed by atoms with E-state index in [1.54, 1.807) is 11.3 Å². The molecule has 1 aromatic carbocycles. The summed E-state index contributed by atoms with van der Waals surface area (Å²) in [6.07, 6.45) is 5.19. The van der Waals surface area contributed by atoms with Gasteiger partial charge in [0.2, 0.25) is 0 Å². The Morgan fingerprint density at radius 2 is 2.12 bits per heavy atom. The van der Waals surface area contributed by atoms with Crippen molar-refractivity contribution in [2.45, 2.75) is 25.3 Å². The Balaban J connectivity index is 1.29. The van der Waals surface area contributed by atoms with Gasteiger partial charge in [0, 0.05) is 56.1 Å². The zero-order valence-corrected chi connectivity index (χ0v) is 15.9. The van der Waals surface area contributed by atoms with Gasteiger partial charge in [0.25, 0.3) is 0 Å². The number of rotatable bonds is 5. The molecule has 3 heterocycles. The fraction of sp³-hybridized carbons (Fsp3) is 0.444. The third kappa shape index (κ3) is 3.81. The minimum atomic E-state index is 0.591. The number of nitrogens with zero attached hydrogens (tertiary/aromatic N) is 4. The lowest BCUT2D eigenvalue weighted by molar-refractivity contribution is 0.415. The van der Waals surface area contributed by atoms with Crippen molar-refractivity contribution in [1.29, 1.82) is 0 Å². The van der Waals surface area contributed by atoms with Gasteiger partial charge in [0.1, 0.15) is 0 Å². The van der Waals surface area contributed by atoms with Gasteiger partial charge in [-0.3, -0.25) is 4.68 Å². The lowest BCUT2D eigenvalue weighted by atomic mass is 10.1. The zero-order chi connectivity index (χ0) is 17.2. The topological polar surface area (TPSA) is 46.0 Å². The molecule has 2 aromatic heterocycles. The number of benzene rings is 1. The summed E-state index contributed by atoms with van der Waals surface area (Å²) in [5.41, 5.74) is 2.32. The maximum atomic E-state index is 6.08. The predicted octanol–water partition coefficient (Wildman–Crippen LogP) is 3.48. The van der Waals surface area contributed by atoms with Crippen LogP contribution >= 0.6 is 22.9 Å². The summed E-state index contributed by atoms with van der Waals surface area (Å²) in [5.74, 6) is 0. The minimum Gasteiger partial charge on any atom is -0.348 e. The molecule has 132 valence electrons. The Hall–Kier alpha value is -1.63. The average molecular weight is 376 g/mol. The van der Waals surface area contributed by atoms with Crippen LogP contribution in [0.25, 0.3) is 10.2 Å². The van der Waals surface area contributed by atoms with Crippen LogP contribution in [-0.2, 0) is 13.5 Å². The number of fused-ring (bicyclic) bond motifs is 1. The standard InChI is InChI=1S/C18H22ClN5S/c1-23-15(5-9-21-23)4-8-20-14-6-10-24(11-7-14)18-22-16-3-2-13(19)12-17(16)25-18/h2-3,5,9,12,14,20H,4,6-8,10-11H2,1H3. The maximum Gasteiger partial charge on any atom is 0.186 e. The van der Waals surface area contributed by atoms with Gasteiger partial charge in [-0.15, -0.1) is 0 Å². The van der Waals surface area contributed by atoms with Gasteiger partial charge in [-0.25, -0.2) is 4.98 Å². The van der Waals surface area contributed by atoms with Gasteiger partial charge in [0.05, 0.1) is 10.2 Å². The van der Waals surface area contributed by atoms with E-state index in [4.69, 9.17) is 16.6 Å². The van der Waals surface area contributed by atoms with Crippen LogP contribution in [-0.4, -0.2) is 40.4 Å². The van der Waals surface area contributed by atoms with E-state index < -0.39 is 0 Å². The van der Waals surface area contributed by atoms with Crippen molar-refractivity contribution in [2.75, 3.05) is 24.5 Å². The average Bonchev–Trinajstić information content (AvgIpc) is 3.21. The van der Waals surface area contributed by atoms with Crippen LogP contribution in [0.2, 0.25) is 5.02 Å². The number of thiazole rings is 1. The summed E-state index contributed by atoms with van der Waals surface area (Å²) in [6.45, 7) is 3.11. The number of nitrogens with one attached hydrogen (secondary N) is 1. The van der Waals surface area contributed by atoms with Gasteiger partial charge in [-0.1, -0.05) is 22.9 Å². The fourth-order valence-corrected chi connectivity index (χ4v) is 4.64. The highest BCUT2D eigenvalue weighted by molar-refractivity contribution is 7.22. The highest BCUT2D eigenvalue weighted by Gasteiger charge is 2.21. The van der Waals surface area contributed by atoms with Crippen molar-refractivity contribution in [1.82, 2.24) is 20.1 Å². The van der Waals surface area contributed by atoms with Crippen LogP contribution in [0.15, 0.2) is 30.5 Å². The van der Waals surface area contributed by atoms with Crippen LogP contribution in [0.5, 0.6) is 0 Å². The van der Waals surface area contributed by atoms with E-state index in [1.165, 1.54) is 10.4 Å². The van der Waals surface area contributed by atoms with E-state index in [-0.39, 0.29) is 0 Å². The highest BCUT2D eigenvalue weighted by Crippen LogP contribution is 2.32. The lowest BCUT2D eigenvalue weighted by Gasteiger charge is -2.32. The van der Waals surface area contributed by atoms with Gasteiger partial charge in [-0.05, 0) is 37.1 Å². The number of piperidine rings is 1. The first-order chi connectivity index (χ1) is 12.2. The largest absolute Gasteiger partial charge is 0.348 e. The van der Waals surface area contributed by atoms with Crippen LogP contribution in [0, 0.1) is 0 Å². The van der Waals surface area contributed by atoms with E-state index in [2.05, 4.69) is 21.4 Å². The van der Waals surface area contributed by atoms with E-state index in [1.807, 2.05) is 36.1 Å². The summed E-state index contributed by atoms with van der Waals surface area (Å²) in [5, 5.41) is 9.80. The fourth-order valence-electron chi connectivity index (χ4n) is 3.35. The van der Waals surface area contributed by atoms with Crippen LogP contribution in [0.3, 0.4) is 0 Å². The number of hydrogen-bond donors (Lipinski definition) is 1. The Morgan fingerprint density at radius 1 is 1.28 bits per heavy atom. The minimum absolute atomic E-state index is 0.591. The summed E-state index contributed by atoms with van der Waals surface area (Å²) >= 11 is 7.82. The molecule has 1 fully saturated rings. The Morgan fingerprint density at radius 3 is 2.88 bits per heavy atom. The summed E-state index contributed by atoms with van der Waals surface area (Å²) in [6, 6.07) is 8.60. The molecule has 1 aliphatic rings. The molecule has 0 saturated carbocycles. The lowest BCUT2D eigenvalue weighted by Crippen LogP contribution is -2.43. The molecule has 0 bridgehead atoms. The van der Waals surface area contributed by atoms with Crippen LogP contribution in [0.1, 0.15) is 18.5 Å². The van der Waals surface area contributed by atoms with E-state index in [0.29, 0.717) is 6.04 Å². The van der Waals surface area contributed by atoms with Gasteiger partial charge in [0.15, 0.2) is 5.13 Å². The van der Waals surface area contributed by atoms with Gasteiger partial charge >= 0.3 is 0 Å². The normalized spacial score (nSPS) is 16.0. The van der Waals surface area contributed by atoms with E-state index >= 15 is 0 Å². The van der Waals surface area contributed by atoms with Crippen molar-refractivity contribution in [3.05, 3.63) is 41.2 Å². The van der Waals surface area contributed by atoms with Crippen LogP contribution in [0.4, 0.5) is 5.13 Å². The molecule has 5 nitrogen and oxygen atoms in total. The molecular formula is C18H22ClN5S. The number of aryl methyl sites for hydroxylation is 1. The highest BCUT2D eigenvalue weighted by atomic mass is 35.5. The van der Waals surface area contributed by atoms with Crippen molar-refractivity contribution < 1.29 is 0 Å². The van der Waals surface area contributed by atoms with Crippen molar-refractivity contribution in [3.8, 4) is 0 Å². The quantitative estimate of drug-likeness (QED) is 0.741. The Labute approximate surface area is 156 Å². The van der Waals surface area contributed by atoms with Crippen LogP contribution < -0.4 is 10.2 Å². The molecule has 25 heavy (non-hydrogen) atoms. The summed E-state index contributed by atoms with van der Waals surface area (Å²) in [7, 11) is 2.00. The molecule has 0 aliphatic carbocycles. The molecule has 0 amide bonds. The second-order valence-electron chi connectivity index (χ2n) is 6.52. The van der Waals surface area contributed by atoms with Crippen molar-refractivity contribution in [3.63, 3.8) is 0 Å². The van der Waals surface area contributed by atoms with Crippen molar-refractivity contribution in [2.24, 2.45) is 7.05 Å². The molecule has 1 saturated heterocycles. The number of anilines is 1. The summed E-state index contributed by atoms with van der Waals surface area (Å²) < 4.78 is 3.11. The first-order valence-corrected chi connectivity index (χ1v) is 9.90. The predicted molar refractivity (Wildman–Crippen MR) is 105 cm³/mol. The molecule has 4 rings (SSSR count). The second-order valence-corrected chi connectivity index (χ2v) is 7.97. The van der Waals surface area contributed by atoms with Gasteiger partial charge < -0.3 is 10.2 Å². The maximum absolute atomic E-state index is 6.08. The zero-order valence-electron chi connectivity index (χ0n) is 14.3. The van der Waals surface area contributed by atoms with Crippen molar-refractivity contribution >= 4 is 38.3 Å². The first-order valence-electron chi connectivity index (χ1n) is 8.70. The number of aromatic nitrogens is 3. The first kappa shape index (κ1) is 16.8. The van der Waals surface area contributed by atoms with E-state index in [9.17, 15) is 0 Å². The van der Waals surface area contributed by atoms with E-state index in [0.717, 1.165) is 54.6 Å². The number of halogens is 1. The molecule has 1 N–H and O–H groups in total. The summed E-state index contributed by atoms with van der Waals surface area (Å²) in [4.78, 5) is 7.16. The smallest absolute Gasteiger partial charge is 0.186 e. The third-order valence-corrected chi connectivity index (χ3v) is 6.16.